The number of carbonyl (C=O) groups is 2. The Hall–Kier alpha value is -1.10. The van der Waals surface area contributed by atoms with E-state index < -0.39 is 11.9 Å². The molecule has 0 spiro atoms. The molecule has 1 saturated carbocycles. The highest BCUT2D eigenvalue weighted by Crippen LogP contribution is 2.24. The van der Waals surface area contributed by atoms with E-state index in [1.54, 1.807) is 4.90 Å². The smallest absolute Gasteiger partial charge is 0.240 e. The first kappa shape index (κ1) is 15.0. The third-order valence-corrected chi connectivity index (χ3v) is 3.42. The molecule has 0 saturated heterocycles. The molecule has 0 heterocycles. The minimum Gasteiger partial charge on any atom is -0.368 e. The first-order valence-electron chi connectivity index (χ1n) is 6.76. The SMILES string of the molecule is CC(C)C[C@@H](N)C(=O)N(CC(N)=O)C1CCCC1. The van der Waals surface area contributed by atoms with E-state index in [1.807, 2.05) is 13.8 Å². The first-order valence-corrected chi connectivity index (χ1v) is 6.76. The Morgan fingerprint density at radius 1 is 1.28 bits per heavy atom. The van der Waals surface area contributed by atoms with Crippen LogP contribution in [0.5, 0.6) is 0 Å². The molecule has 5 nitrogen and oxygen atoms in total. The first-order chi connectivity index (χ1) is 8.41. The second-order valence-corrected chi connectivity index (χ2v) is 5.61. The number of amides is 2. The average Bonchev–Trinajstić information content (AvgIpc) is 2.76. The average molecular weight is 255 g/mol. The lowest BCUT2D eigenvalue weighted by molar-refractivity contribution is -0.138. The Labute approximate surface area is 109 Å². The maximum Gasteiger partial charge on any atom is 0.240 e. The number of rotatable bonds is 6. The predicted molar refractivity (Wildman–Crippen MR) is 70.6 cm³/mol. The van der Waals surface area contributed by atoms with Crippen LogP contribution in [0.25, 0.3) is 0 Å². The highest BCUT2D eigenvalue weighted by molar-refractivity contribution is 5.87. The molecule has 1 fully saturated rings. The highest BCUT2D eigenvalue weighted by atomic mass is 16.2. The summed E-state index contributed by atoms with van der Waals surface area (Å²) in [6.07, 6.45) is 4.75. The van der Waals surface area contributed by atoms with Crippen molar-refractivity contribution in [2.24, 2.45) is 17.4 Å². The molecule has 2 amide bonds. The second-order valence-electron chi connectivity index (χ2n) is 5.61. The van der Waals surface area contributed by atoms with E-state index in [1.165, 1.54) is 0 Å². The van der Waals surface area contributed by atoms with Crippen molar-refractivity contribution in [1.29, 1.82) is 0 Å². The van der Waals surface area contributed by atoms with E-state index in [2.05, 4.69) is 0 Å². The van der Waals surface area contributed by atoms with E-state index in [9.17, 15) is 9.59 Å². The minimum atomic E-state index is -0.523. The van der Waals surface area contributed by atoms with Gasteiger partial charge in [0.1, 0.15) is 0 Å². The highest BCUT2D eigenvalue weighted by Gasteiger charge is 2.30. The summed E-state index contributed by atoms with van der Waals surface area (Å²) < 4.78 is 0. The van der Waals surface area contributed by atoms with E-state index in [-0.39, 0.29) is 18.5 Å². The molecule has 0 bridgehead atoms. The molecule has 1 aliphatic rings. The van der Waals surface area contributed by atoms with Crippen LogP contribution in [0, 0.1) is 5.92 Å². The number of primary amides is 1. The topological polar surface area (TPSA) is 89.4 Å². The number of hydrogen-bond acceptors (Lipinski definition) is 3. The zero-order valence-electron chi connectivity index (χ0n) is 11.4. The van der Waals surface area contributed by atoms with Crippen molar-refractivity contribution in [3.8, 4) is 0 Å². The van der Waals surface area contributed by atoms with Gasteiger partial charge in [0.2, 0.25) is 11.8 Å². The molecule has 1 rings (SSSR count). The molecular formula is C13H25N3O2. The van der Waals surface area contributed by atoms with Crippen molar-refractivity contribution in [1.82, 2.24) is 4.90 Å². The number of nitrogens with two attached hydrogens (primary N) is 2. The quantitative estimate of drug-likeness (QED) is 0.729. The normalized spacial score (nSPS) is 18.0. The Balaban J connectivity index is 2.68. The lowest BCUT2D eigenvalue weighted by Gasteiger charge is -2.30. The van der Waals surface area contributed by atoms with Gasteiger partial charge in [0.15, 0.2) is 0 Å². The molecule has 18 heavy (non-hydrogen) atoms. The lowest BCUT2D eigenvalue weighted by Crippen LogP contribution is -2.51. The van der Waals surface area contributed by atoms with Crippen LogP contribution in [-0.2, 0) is 9.59 Å². The van der Waals surface area contributed by atoms with E-state index in [4.69, 9.17) is 11.5 Å². The van der Waals surface area contributed by atoms with Gasteiger partial charge in [-0.1, -0.05) is 26.7 Å². The third kappa shape index (κ3) is 4.29. The van der Waals surface area contributed by atoms with Gasteiger partial charge < -0.3 is 16.4 Å². The molecule has 104 valence electrons. The standard InChI is InChI=1S/C13H25N3O2/c1-9(2)7-11(14)13(18)16(8-12(15)17)10-5-3-4-6-10/h9-11H,3-8,14H2,1-2H3,(H2,15,17)/t11-/m1/s1. The summed E-state index contributed by atoms with van der Waals surface area (Å²) in [4.78, 5) is 25.0. The van der Waals surface area contributed by atoms with Gasteiger partial charge in [-0.3, -0.25) is 9.59 Å². The van der Waals surface area contributed by atoms with Crippen molar-refractivity contribution >= 4 is 11.8 Å². The van der Waals surface area contributed by atoms with Gasteiger partial charge in [0.05, 0.1) is 12.6 Å². The third-order valence-electron chi connectivity index (χ3n) is 3.42. The van der Waals surface area contributed by atoms with Crippen LogP contribution in [0.2, 0.25) is 0 Å². The fourth-order valence-corrected chi connectivity index (χ4v) is 2.59. The molecular weight excluding hydrogens is 230 g/mol. The van der Waals surface area contributed by atoms with Crippen LogP contribution in [0.1, 0.15) is 46.0 Å². The Bertz CT molecular complexity index is 299. The Morgan fingerprint density at radius 3 is 2.28 bits per heavy atom. The molecule has 0 aromatic carbocycles. The van der Waals surface area contributed by atoms with E-state index in [0.29, 0.717) is 12.3 Å². The second kappa shape index (κ2) is 6.73. The van der Waals surface area contributed by atoms with Gasteiger partial charge in [-0.05, 0) is 25.2 Å². The summed E-state index contributed by atoms with van der Waals surface area (Å²) in [5.41, 5.74) is 11.1. The van der Waals surface area contributed by atoms with E-state index >= 15 is 0 Å². The Kier molecular flexibility index (Phi) is 5.59. The maximum absolute atomic E-state index is 12.3. The molecule has 0 aromatic heterocycles. The summed E-state index contributed by atoms with van der Waals surface area (Å²) in [5.74, 6) is -0.232. The largest absolute Gasteiger partial charge is 0.368 e. The fourth-order valence-electron chi connectivity index (χ4n) is 2.59. The van der Waals surface area contributed by atoms with Crippen LogP contribution >= 0.6 is 0 Å². The van der Waals surface area contributed by atoms with Gasteiger partial charge in [0, 0.05) is 6.04 Å². The van der Waals surface area contributed by atoms with Crippen LogP contribution in [0.3, 0.4) is 0 Å². The van der Waals surface area contributed by atoms with Crippen molar-refractivity contribution in [2.75, 3.05) is 6.54 Å². The molecule has 1 atom stereocenters. The van der Waals surface area contributed by atoms with Gasteiger partial charge in [0.25, 0.3) is 0 Å². The molecule has 1 aliphatic carbocycles. The molecule has 0 aliphatic heterocycles. The lowest BCUT2D eigenvalue weighted by atomic mass is 10.0. The van der Waals surface area contributed by atoms with Crippen molar-refractivity contribution in [3.63, 3.8) is 0 Å². The van der Waals surface area contributed by atoms with E-state index in [0.717, 1.165) is 25.7 Å². The van der Waals surface area contributed by atoms with Crippen LogP contribution in [0.15, 0.2) is 0 Å². The zero-order valence-corrected chi connectivity index (χ0v) is 11.4. The summed E-state index contributed by atoms with van der Waals surface area (Å²) >= 11 is 0. The number of nitrogens with zero attached hydrogens (tertiary/aromatic N) is 1. The summed E-state index contributed by atoms with van der Waals surface area (Å²) in [5, 5.41) is 0. The van der Waals surface area contributed by atoms with Gasteiger partial charge in [-0.2, -0.15) is 0 Å². The maximum atomic E-state index is 12.3. The molecule has 0 radical (unpaired) electrons. The number of hydrogen-bond donors (Lipinski definition) is 2. The van der Waals surface area contributed by atoms with Crippen molar-refractivity contribution in [3.05, 3.63) is 0 Å². The van der Waals surface area contributed by atoms with Gasteiger partial charge >= 0.3 is 0 Å². The molecule has 4 N–H and O–H groups in total. The van der Waals surface area contributed by atoms with Crippen molar-refractivity contribution in [2.45, 2.75) is 58.0 Å². The fraction of sp³-hybridized carbons (Fsp3) is 0.846. The molecule has 5 heteroatoms. The minimum absolute atomic E-state index is 0.00467. The molecule has 0 unspecified atom stereocenters. The van der Waals surface area contributed by atoms with Crippen molar-refractivity contribution < 1.29 is 9.59 Å². The van der Waals surface area contributed by atoms with Crippen LogP contribution in [-0.4, -0.2) is 35.3 Å². The van der Waals surface area contributed by atoms with Gasteiger partial charge in [-0.15, -0.1) is 0 Å². The molecule has 0 aromatic rings. The summed E-state index contributed by atoms with van der Waals surface area (Å²) in [6, 6.07) is -0.381. The zero-order chi connectivity index (χ0) is 13.7. The van der Waals surface area contributed by atoms with Crippen LogP contribution < -0.4 is 11.5 Å². The van der Waals surface area contributed by atoms with Gasteiger partial charge in [-0.25, -0.2) is 0 Å². The Morgan fingerprint density at radius 2 is 1.83 bits per heavy atom. The summed E-state index contributed by atoms with van der Waals surface area (Å²) in [7, 11) is 0. The number of carbonyl (C=O) groups excluding carboxylic acids is 2. The summed E-state index contributed by atoms with van der Waals surface area (Å²) in [6.45, 7) is 4.05. The predicted octanol–water partition coefficient (Wildman–Crippen LogP) is 0.616. The monoisotopic (exact) mass is 255 g/mol. The van der Waals surface area contributed by atoms with Crippen LogP contribution in [0.4, 0.5) is 0 Å².